The molecule has 0 unspecified atom stereocenters. The number of nitrogens with zero attached hydrogens (tertiary/aromatic N) is 6. The molecule has 0 aliphatic carbocycles. The van der Waals surface area contributed by atoms with Crippen LogP contribution in [0.15, 0.2) is 95.2 Å². The number of ether oxygens (including phenoxy) is 2. The Bertz CT molecular complexity index is 2600. The molecule has 1 aliphatic heterocycles. The third-order valence-electron chi connectivity index (χ3n) is 13.1. The van der Waals surface area contributed by atoms with Crippen molar-refractivity contribution < 1.29 is 29.0 Å². The number of hydrogen-bond donors (Lipinski definition) is 3. The number of carbonyl (C=O) groups excluding carboxylic acids is 2. The lowest BCUT2D eigenvalue weighted by atomic mass is 9.81. The quantitative estimate of drug-likeness (QED) is 0.0575. The van der Waals surface area contributed by atoms with Gasteiger partial charge in [0.15, 0.2) is 0 Å². The van der Waals surface area contributed by atoms with E-state index in [-0.39, 0.29) is 36.1 Å². The van der Waals surface area contributed by atoms with Gasteiger partial charge in [0.1, 0.15) is 23.5 Å². The summed E-state index contributed by atoms with van der Waals surface area (Å²) in [7, 11) is 4.94. The standard InChI is InChI=1S/C54H70N8O6/c1-10-54(5,6)31-43-42-30-39(21-22-47(42)62(11-2)51(43)44-32-55-25-23-40(44)34-67-8)38-17-14-16-37(28-38)29-41(33-61-27-15-19-46(59-61)53(65)66)58-52(64)50(36(3)4)60(7)49(63)24-26-56-35-57-45-18-12-13-20-48(45)68-9/h12-14,16-18,20-23,25,28,30,32,36,41,46,50,59H,10-11,15,19,24,26-27,29,31,33-34H2,1-9H3,(H,58,64)(H,65,66)/t41-,46-,50-/m0/s1. The fourth-order valence-corrected chi connectivity index (χ4v) is 9.25. The van der Waals surface area contributed by atoms with Crippen molar-refractivity contribution in [3.63, 3.8) is 0 Å². The molecular weight excluding hydrogens is 857 g/mol. The van der Waals surface area contributed by atoms with Crippen LogP contribution in [0.5, 0.6) is 5.75 Å². The molecule has 3 atom stereocenters. The summed E-state index contributed by atoms with van der Waals surface area (Å²) >= 11 is 0. The van der Waals surface area contributed by atoms with Crippen LogP contribution in [0.1, 0.15) is 83.9 Å². The number of aliphatic imine (C=N–C) groups is 2. The normalized spacial score (nSPS) is 15.1. The number of carboxylic acid groups (broad SMARTS) is 1. The van der Waals surface area contributed by atoms with Crippen molar-refractivity contribution >= 4 is 40.4 Å². The number of likely N-dealkylation sites (N-methyl/N-ethyl adjacent to an activating group) is 1. The van der Waals surface area contributed by atoms with Crippen molar-refractivity contribution in [2.75, 3.05) is 40.9 Å². The zero-order valence-electron chi connectivity index (χ0n) is 41.3. The number of aromatic nitrogens is 2. The molecule has 3 aromatic carbocycles. The third-order valence-corrected chi connectivity index (χ3v) is 13.1. The average molecular weight is 927 g/mol. The number of rotatable bonds is 22. The molecule has 5 aromatic rings. The van der Waals surface area contributed by atoms with Gasteiger partial charge < -0.3 is 29.4 Å². The Morgan fingerprint density at radius 3 is 2.54 bits per heavy atom. The number of aryl methyl sites for hydroxylation is 1. The Kier molecular flexibility index (Phi) is 17.9. The molecule has 3 heterocycles. The molecule has 1 aliphatic rings. The summed E-state index contributed by atoms with van der Waals surface area (Å²) in [6, 6.07) is 25.2. The number of carbonyl (C=O) groups is 3. The van der Waals surface area contributed by atoms with Crippen LogP contribution in [0.4, 0.5) is 5.69 Å². The third kappa shape index (κ3) is 12.7. The molecule has 2 aromatic heterocycles. The van der Waals surface area contributed by atoms with E-state index in [2.05, 4.69) is 106 Å². The van der Waals surface area contributed by atoms with Crippen molar-refractivity contribution in [3.8, 4) is 28.1 Å². The molecule has 14 nitrogen and oxygen atoms in total. The van der Waals surface area contributed by atoms with Gasteiger partial charge in [0.25, 0.3) is 0 Å². The minimum atomic E-state index is -0.908. The van der Waals surface area contributed by atoms with Crippen molar-refractivity contribution in [3.05, 3.63) is 102 Å². The summed E-state index contributed by atoms with van der Waals surface area (Å²) in [6.07, 6.45) is 7.46. The summed E-state index contributed by atoms with van der Waals surface area (Å²) in [5.41, 5.74) is 12.8. The maximum atomic E-state index is 14.4. The highest BCUT2D eigenvalue weighted by molar-refractivity contribution is 5.95. The Labute approximate surface area is 401 Å². The van der Waals surface area contributed by atoms with Gasteiger partial charge in [0.2, 0.25) is 11.8 Å². The molecule has 14 heteroatoms. The minimum absolute atomic E-state index is 0.0486. The van der Waals surface area contributed by atoms with E-state index in [1.165, 1.54) is 27.1 Å². The molecule has 0 spiro atoms. The van der Waals surface area contributed by atoms with E-state index < -0.39 is 24.1 Å². The molecule has 0 saturated carbocycles. The van der Waals surface area contributed by atoms with Gasteiger partial charge in [-0.15, -0.1) is 0 Å². The number of amides is 2. The predicted molar refractivity (Wildman–Crippen MR) is 269 cm³/mol. The lowest BCUT2D eigenvalue weighted by molar-refractivity contribution is -0.143. The fraction of sp³-hybridized carbons (Fsp3) is 0.463. The van der Waals surface area contributed by atoms with Crippen LogP contribution in [0.25, 0.3) is 33.3 Å². The summed E-state index contributed by atoms with van der Waals surface area (Å²) in [6.45, 7) is 15.3. The smallest absolute Gasteiger partial charge is 0.322 e. The largest absolute Gasteiger partial charge is 0.494 e. The number of pyridine rings is 1. The molecule has 2 amide bonds. The SMILES string of the molecule is CCn1c(-c2cnccc2COC)c(CC(C)(C)CC)c2cc(-c3cccc(C[C@@H](CN4CCC[C@@H](C(=O)O)N4)NC(=O)[C@H](C(C)C)N(C)C(=O)CCN=C=Nc4ccccc4OC)c3)ccc21. The topological polar surface area (TPSA) is 163 Å². The van der Waals surface area contributed by atoms with Crippen molar-refractivity contribution in [1.82, 2.24) is 30.2 Å². The van der Waals surface area contributed by atoms with Crippen LogP contribution in [-0.2, 0) is 45.1 Å². The van der Waals surface area contributed by atoms with Crippen LogP contribution in [0.3, 0.4) is 0 Å². The first-order chi connectivity index (χ1) is 32.7. The lowest BCUT2D eigenvalue weighted by Gasteiger charge is -2.36. The van der Waals surface area contributed by atoms with Crippen molar-refractivity contribution in [1.29, 1.82) is 0 Å². The average Bonchev–Trinajstić information content (AvgIpc) is 3.62. The second-order valence-electron chi connectivity index (χ2n) is 18.9. The van der Waals surface area contributed by atoms with Crippen LogP contribution < -0.4 is 15.5 Å². The monoisotopic (exact) mass is 927 g/mol. The number of carboxylic acids is 1. The van der Waals surface area contributed by atoms with Crippen LogP contribution in [0.2, 0.25) is 0 Å². The van der Waals surface area contributed by atoms with E-state index in [1.54, 1.807) is 33.4 Å². The number of hydrogen-bond acceptors (Lipinski definition) is 10. The van der Waals surface area contributed by atoms with Gasteiger partial charge in [-0.1, -0.05) is 83.5 Å². The Hall–Kier alpha value is -6.18. The fourth-order valence-electron chi connectivity index (χ4n) is 9.25. The predicted octanol–water partition coefficient (Wildman–Crippen LogP) is 8.98. The second kappa shape index (κ2) is 23.7. The lowest BCUT2D eigenvalue weighted by Crippen LogP contribution is -2.59. The number of hydrazine groups is 1. The second-order valence-corrected chi connectivity index (χ2v) is 18.9. The highest BCUT2D eigenvalue weighted by Gasteiger charge is 2.33. The summed E-state index contributed by atoms with van der Waals surface area (Å²) in [5, 5.41) is 16.3. The first kappa shape index (κ1) is 51.2. The van der Waals surface area contributed by atoms with Crippen molar-refractivity contribution in [2.24, 2.45) is 21.3 Å². The molecule has 0 bridgehead atoms. The van der Waals surface area contributed by atoms with E-state index in [1.807, 2.05) is 49.4 Å². The molecule has 68 heavy (non-hydrogen) atoms. The zero-order valence-corrected chi connectivity index (χ0v) is 41.3. The summed E-state index contributed by atoms with van der Waals surface area (Å²) in [4.78, 5) is 54.5. The van der Waals surface area contributed by atoms with Crippen LogP contribution in [-0.4, -0.2) is 107 Å². The number of benzene rings is 3. The Morgan fingerprint density at radius 2 is 1.82 bits per heavy atom. The van der Waals surface area contributed by atoms with Crippen LogP contribution >= 0.6 is 0 Å². The number of methoxy groups -OCH3 is 2. The number of aliphatic carboxylic acids is 1. The first-order valence-electron chi connectivity index (χ1n) is 23.9. The van der Waals surface area contributed by atoms with Gasteiger partial charge in [-0.3, -0.25) is 19.4 Å². The van der Waals surface area contributed by atoms with Gasteiger partial charge in [0.05, 0.1) is 32.0 Å². The van der Waals surface area contributed by atoms with E-state index >= 15 is 0 Å². The maximum Gasteiger partial charge on any atom is 0.322 e. The maximum absolute atomic E-state index is 14.4. The number of para-hydroxylation sites is 2. The first-order valence-corrected chi connectivity index (χ1v) is 23.9. The van der Waals surface area contributed by atoms with E-state index in [4.69, 9.17) is 9.47 Å². The molecule has 1 saturated heterocycles. The molecule has 362 valence electrons. The van der Waals surface area contributed by atoms with Crippen LogP contribution in [0, 0.1) is 11.3 Å². The molecule has 0 radical (unpaired) electrons. The van der Waals surface area contributed by atoms with Crippen molar-refractivity contribution in [2.45, 2.75) is 111 Å². The molecule has 6 rings (SSSR count). The van der Waals surface area contributed by atoms with Gasteiger partial charge in [0, 0.05) is 75.1 Å². The summed E-state index contributed by atoms with van der Waals surface area (Å²) in [5.74, 6) is -1.03. The van der Waals surface area contributed by atoms with Gasteiger partial charge in [-0.25, -0.2) is 15.4 Å². The molecule has 3 N–H and O–H groups in total. The van der Waals surface area contributed by atoms with Gasteiger partial charge in [-0.05, 0) is 102 Å². The van der Waals surface area contributed by atoms with Gasteiger partial charge >= 0.3 is 5.97 Å². The molecular formula is C54H70N8O6. The number of nitrogens with one attached hydrogen (secondary N) is 2. The number of fused-ring (bicyclic) bond motifs is 1. The Morgan fingerprint density at radius 1 is 1.04 bits per heavy atom. The van der Waals surface area contributed by atoms with E-state index in [0.29, 0.717) is 50.4 Å². The highest BCUT2D eigenvalue weighted by atomic mass is 16.5. The van der Waals surface area contributed by atoms with E-state index in [0.717, 1.165) is 47.2 Å². The Balaban J connectivity index is 1.28. The highest BCUT2D eigenvalue weighted by Crippen LogP contribution is 2.41. The van der Waals surface area contributed by atoms with Gasteiger partial charge in [-0.2, -0.15) is 4.99 Å². The minimum Gasteiger partial charge on any atom is -0.494 e. The zero-order chi connectivity index (χ0) is 49.0. The summed E-state index contributed by atoms with van der Waals surface area (Å²) < 4.78 is 13.4. The van der Waals surface area contributed by atoms with E-state index in [9.17, 15) is 19.5 Å². The molecule has 1 fully saturated rings.